The van der Waals surface area contributed by atoms with Gasteiger partial charge in [0, 0.05) is 38.3 Å². The molecule has 0 atom stereocenters. The van der Waals surface area contributed by atoms with Crippen LogP contribution in [0.4, 0.5) is 0 Å². The molecule has 2 N–H and O–H groups in total. The molecule has 2 aromatic rings. The number of hydrogen-bond donors (Lipinski definition) is 2. The molecule has 6 heteroatoms. The van der Waals surface area contributed by atoms with E-state index in [0.717, 1.165) is 11.1 Å². The van der Waals surface area contributed by atoms with Crippen molar-refractivity contribution in [1.29, 1.82) is 0 Å². The Hall–Kier alpha value is -2.86. The van der Waals surface area contributed by atoms with Crippen molar-refractivity contribution in [3.8, 4) is 16.9 Å². The first kappa shape index (κ1) is 18.9. The van der Waals surface area contributed by atoms with Gasteiger partial charge in [-0.3, -0.25) is 14.5 Å². The number of rotatable bonds is 5. The summed E-state index contributed by atoms with van der Waals surface area (Å²) in [5.74, 6) is 0.253. The number of phenolic OH excluding ortho intramolecular Hbond substituents is 1. The second-order valence-corrected chi connectivity index (χ2v) is 6.65. The van der Waals surface area contributed by atoms with Crippen LogP contribution in [0.3, 0.4) is 0 Å². The van der Waals surface area contributed by atoms with E-state index in [2.05, 4.69) is 10.2 Å². The predicted octanol–water partition coefficient (Wildman–Crippen LogP) is 1.95. The molecule has 0 aliphatic carbocycles. The van der Waals surface area contributed by atoms with E-state index in [1.807, 2.05) is 48.2 Å². The third kappa shape index (κ3) is 4.86. The third-order valence-electron chi connectivity index (χ3n) is 4.71. The van der Waals surface area contributed by atoms with Crippen LogP contribution in [0.1, 0.15) is 17.3 Å². The summed E-state index contributed by atoms with van der Waals surface area (Å²) < 4.78 is 0. The first-order valence-electron chi connectivity index (χ1n) is 9.24. The second kappa shape index (κ2) is 8.68. The molecule has 1 aliphatic rings. The van der Waals surface area contributed by atoms with E-state index in [0.29, 0.717) is 44.8 Å². The molecule has 142 valence electrons. The predicted molar refractivity (Wildman–Crippen MR) is 105 cm³/mol. The summed E-state index contributed by atoms with van der Waals surface area (Å²) in [6.07, 6.45) is 0. The van der Waals surface area contributed by atoms with Crippen LogP contribution in [0.2, 0.25) is 0 Å². The normalized spacial score (nSPS) is 14.8. The van der Waals surface area contributed by atoms with Crippen molar-refractivity contribution in [1.82, 2.24) is 15.1 Å². The number of carbonyl (C=O) groups is 2. The average molecular weight is 367 g/mol. The highest BCUT2D eigenvalue weighted by Gasteiger charge is 2.23. The molecule has 0 unspecified atom stereocenters. The Balaban J connectivity index is 1.62. The molecule has 1 aliphatic heterocycles. The molecule has 27 heavy (non-hydrogen) atoms. The highest BCUT2D eigenvalue weighted by atomic mass is 16.3. The van der Waals surface area contributed by atoms with Crippen LogP contribution >= 0.6 is 0 Å². The number of likely N-dealkylation sites (N-methyl/N-ethyl adjacent to an activating group) is 1. The van der Waals surface area contributed by atoms with E-state index in [4.69, 9.17) is 0 Å². The maximum Gasteiger partial charge on any atom is 0.253 e. The van der Waals surface area contributed by atoms with Gasteiger partial charge < -0.3 is 15.3 Å². The SMILES string of the molecule is CCNC(=O)CN1CCN(C(=O)c2cccc(-c3ccc(O)cc3)c2)CC1. The number of benzene rings is 2. The lowest BCUT2D eigenvalue weighted by Crippen LogP contribution is -2.51. The van der Waals surface area contributed by atoms with Crippen LogP contribution < -0.4 is 5.32 Å². The van der Waals surface area contributed by atoms with E-state index in [9.17, 15) is 14.7 Å². The molecule has 2 aromatic carbocycles. The standard InChI is InChI=1S/C21H25N3O3/c1-2-22-20(26)15-23-10-12-24(13-11-23)21(27)18-5-3-4-17(14-18)16-6-8-19(25)9-7-16/h3-9,14,25H,2,10-13,15H2,1H3,(H,22,26). The van der Waals surface area contributed by atoms with Crippen molar-refractivity contribution in [2.45, 2.75) is 6.92 Å². The summed E-state index contributed by atoms with van der Waals surface area (Å²) in [7, 11) is 0. The molecule has 1 heterocycles. The van der Waals surface area contributed by atoms with Crippen LogP contribution in [0.25, 0.3) is 11.1 Å². The Morgan fingerprint density at radius 3 is 2.37 bits per heavy atom. The van der Waals surface area contributed by atoms with E-state index in [1.165, 1.54) is 0 Å². The van der Waals surface area contributed by atoms with Gasteiger partial charge in [-0.15, -0.1) is 0 Å². The first-order chi connectivity index (χ1) is 13.1. The van der Waals surface area contributed by atoms with Gasteiger partial charge in [0.15, 0.2) is 0 Å². The Morgan fingerprint density at radius 1 is 1.00 bits per heavy atom. The minimum atomic E-state index is 0.00767. The maximum atomic E-state index is 12.9. The number of nitrogens with one attached hydrogen (secondary N) is 1. The molecular weight excluding hydrogens is 342 g/mol. The lowest BCUT2D eigenvalue weighted by molar-refractivity contribution is -0.122. The molecule has 0 saturated carbocycles. The van der Waals surface area contributed by atoms with Gasteiger partial charge in [-0.25, -0.2) is 0 Å². The van der Waals surface area contributed by atoms with Gasteiger partial charge in [0.2, 0.25) is 5.91 Å². The Kier molecular flexibility index (Phi) is 6.08. The van der Waals surface area contributed by atoms with Crippen molar-refractivity contribution < 1.29 is 14.7 Å². The minimum absolute atomic E-state index is 0.00767. The fourth-order valence-electron chi connectivity index (χ4n) is 3.23. The molecule has 0 radical (unpaired) electrons. The molecular formula is C21H25N3O3. The number of aromatic hydroxyl groups is 1. The van der Waals surface area contributed by atoms with Gasteiger partial charge in [0.1, 0.15) is 5.75 Å². The molecule has 0 bridgehead atoms. The maximum absolute atomic E-state index is 12.9. The van der Waals surface area contributed by atoms with Gasteiger partial charge in [0.05, 0.1) is 6.54 Å². The summed E-state index contributed by atoms with van der Waals surface area (Å²) in [5.41, 5.74) is 2.54. The van der Waals surface area contributed by atoms with Crippen LogP contribution in [0.5, 0.6) is 5.75 Å². The molecule has 3 rings (SSSR count). The minimum Gasteiger partial charge on any atom is -0.508 e. The van der Waals surface area contributed by atoms with Crippen molar-refractivity contribution in [3.05, 3.63) is 54.1 Å². The number of carbonyl (C=O) groups excluding carboxylic acids is 2. The van der Waals surface area contributed by atoms with Crippen LogP contribution in [0, 0.1) is 0 Å². The van der Waals surface area contributed by atoms with Crippen molar-refractivity contribution in [2.75, 3.05) is 39.3 Å². The molecule has 0 spiro atoms. The zero-order valence-corrected chi connectivity index (χ0v) is 15.5. The molecule has 1 saturated heterocycles. The highest BCUT2D eigenvalue weighted by molar-refractivity contribution is 5.95. The second-order valence-electron chi connectivity index (χ2n) is 6.65. The van der Waals surface area contributed by atoms with Crippen LogP contribution in [0.15, 0.2) is 48.5 Å². The molecule has 0 aromatic heterocycles. The number of phenols is 1. The van der Waals surface area contributed by atoms with Gasteiger partial charge >= 0.3 is 0 Å². The quantitative estimate of drug-likeness (QED) is 0.847. The number of amides is 2. The summed E-state index contributed by atoms with van der Waals surface area (Å²) in [4.78, 5) is 28.5. The van der Waals surface area contributed by atoms with Crippen LogP contribution in [-0.2, 0) is 4.79 Å². The summed E-state index contributed by atoms with van der Waals surface area (Å²) >= 11 is 0. The fraction of sp³-hybridized carbons (Fsp3) is 0.333. The van der Waals surface area contributed by atoms with E-state index >= 15 is 0 Å². The van der Waals surface area contributed by atoms with Crippen molar-refractivity contribution in [3.63, 3.8) is 0 Å². The largest absolute Gasteiger partial charge is 0.508 e. The van der Waals surface area contributed by atoms with Crippen LogP contribution in [-0.4, -0.2) is 66.0 Å². The lowest BCUT2D eigenvalue weighted by Gasteiger charge is -2.34. The molecule has 2 amide bonds. The summed E-state index contributed by atoms with van der Waals surface area (Å²) in [6, 6.07) is 14.5. The average Bonchev–Trinajstić information content (AvgIpc) is 2.69. The van der Waals surface area contributed by atoms with Crippen molar-refractivity contribution >= 4 is 11.8 Å². The Morgan fingerprint density at radius 2 is 1.70 bits per heavy atom. The van der Waals surface area contributed by atoms with Crippen molar-refractivity contribution in [2.24, 2.45) is 0 Å². The summed E-state index contributed by atoms with van der Waals surface area (Å²) in [6.45, 7) is 5.53. The highest BCUT2D eigenvalue weighted by Crippen LogP contribution is 2.23. The molecule has 6 nitrogen and oxygen atoms in total. The number of hydrogen-bond acceptors (Lipinski definition) is 4. The topological polar surface area (TPSA) is 72.9 Å². The number of nitrogens with zero attached hydrogens (tertiary/aromatic N) is 2. The van der Waals surface area contributed by atoms with Gasteiger partial charge in [-0.05, 0) is 42.3 Å². The number of piperazine rings is 1. The smallest absolute Gasteiger partial charge is 0.253 e. The van der Waals surface area contributed by atoms with E-state index in [1.54, 1.807) is 12.1 Å². The Bertz CT molecular complexity index is 797. The fourth-order valence-corrected chi connectivity index (χ4v) is 3.23. The zero-order valence-electron chi connectivity index (χ0n) is 15.5. The Labute approximate surface area is 159 Å². The monoisotopic (exact) mass is 367 g/mol. The van der Waals surface area contributed by atoms with E-state index in [-0.39, 0.29) is 17.6 Å². The third-order valence-corrected chi connectivity index (χ3v) is 4.71. The van der Waals surface area contributed by atoms with Gasteiger partial charge in [0.25, 0.3) is 5.91 Å². The summed E-state index contributed by atoms with van der Waals surface area (Å²) in [5, 5.41) is 12.2. The molecule has 1 fully saturated rings. The lowest BCUT2D eigenvalue weighted by atomic mass is 10.0. The zero-order chi connectivity index (χ0) is 19.2. The first-order valence-corrected chi connectivity index (χ1v) is 9.24. The van der Waals surface area contributed by atoms with E-state index < -0.39 is 0 Å². The van der Waals surface area contributed by atoms with Gasteiger partial charge in [-0.2, -0.15) is 0 Å². The van der Waals surface area contributed by atoms with Gasteiger partial charge in [-0.1, -0.05) is 24.3 Å².